The van der Waals surface area contributed by atoms with Gasteiger partial charge in [0.1, 0.15) is 5.82 Å². The molecule has 0 saturated carbocycles. The predicted molar refractivity (Wildman–Crippen MR) is 137 cm³/mol. The SMILES string of the molecule is CCNC(=NCc1ccc(-n2ccnc2)c(F)c1)NCC(CC(C)C)N1CCOCC1.I. The maximum Gasteiger partial charge on any atom is 0.191 e. The average Bonchev–Trinajstić information content (AvgIpc) is 3.29. The van der Waals surface area contributed by atoms with E-state index in [9.17, 15) is 4.39 Å². The second-order valence-electron chi connectivity index (χ2n) is 8.26. The van der Waals surface area contributed by atoms with Gasteiger partial charge < -0.3 is 19.9 Å². The number of hydrogen-bond acceptors (Lipinski definition) is 4. The van der Waals surface area contributed by atoms with Crippen molar-refractivity contribution < 1.29 is 9.13 Å². The number of ether oxygens (including phenoxy) is 1. The van der Waals surface area contributed by atoms with E-state index in [0.717, 1.165) is 57.3 Å². The number of imidazole rings is 1. The average molecular weight is 558 g/mol. The summed E-state index contributed by atoms with van der Waals surface area (Å²) >= 11 is 0. The molecule has 1 aromatic carbocycles. The predicted octanol–water partition coefficient (Wildman–Crippen LogP) is 3.43. The van der Waals surface area contributed by atoms with Crippen LogP contribution in [0.3, 0.4) is 0 Å². The number of morpholine rings is 1. The van der Waals surface area contributed by atoms with Crippen molar-refractivity contribution in [2.24, 2.45) is 10.9 Å². The topological polar surface area (TPSA) is 66.7 Å². The van der Waals surface area contributed by atoms with Gasteiger partial charge in [-0.25, -0.2) is 14.4 Å². The van der Waals surface area contributed by atoms with Crippen LogP contribution in [-0.4, -0.2) is 65.8 Å². The monoisotopic (exact) mass is 558 g/mol. The van der Waals surface area contributed by atoms with Crippen molar-refractivity contribution in [2.45, 2.75) is 39.8 Å². The molecule has 2 N–H and O–H groups in total. The Kier molecular flexibility index (Phi) is 11.4. The number of nitrogens with one attached hydrogen (secondary N) is 2. The van der Waals surface area contributed by atoms with E-state index < -0.39 is 0 Å². The van der Waals surface area contributed by atoms with Crippen LogP contribution in [0.4, 0.5) is 4.39 Å². The molecule has 1 aliphatic rings. The molecule has 0 aliphatic carbocycles. The Morgan fingerprint density at radius 3 is 2.66 bits per heavy atom. The van der Waals surface area contributed by atoms with Gasteiger partial charge in [0.15, 0.2) is 5.96 Å². The number of benzene rings is 1. The third kappa shape index (κ3) is 8.00. The third-order valence-corrected chi connectivity index (χ3v) is 5.37. The molecule has 9 heteroatoms. The van der Waals surface area contributed by atoms with Crippen molar-refractivity contribution in [1.82, 2.24) is 25.1 Å². The molecular formula is C23H36FIN6O. The fourth-order valence-corrected chi connectivity index (χ4v) is 3.83. The molecule has 2 aromatic rings. The maximum atomic E-state index is 14.5. The summed E-state index contributed by atoms with van der Waals surface area (Å²) in [6.45, 7) is 12.1. The van der Waals surface area contributed by atoms with Crippen molar-refractivity contribution in [3.63, 3.8) is 0 Å². The lowest BCUT2D eigenvalue weighted by atomic mass is 10.0. The number of rotatable bonds is 9. The van der Waals surface area contributed by atoms with E-state index in [2.05, 4.69) is 39.4 Å². The molecule has 0 amide bonds. The number of hydrogen-bond donors (Lipinski definition) is 2. The van der Waals surface area contributed by atoms with Gasteiger partial charge in [0.2, 0.25) is 0 Å². The summed E-state index contributed by atoms with van der Waals surface area (Å²) in [6.07, 6.45) is 6.07. The molecule has 1 fully saturated rings. The Balaban J connectivity index is 0.00000363. The molecule has 0 radical (unpaired) electrons. The van der Waals surface area contributed by atoms with Crippen molar-refractivity contribution in [2.75, 3.05) is 39.4 Å². The first-order valence-corrected chi connectivity index (χ1v) is 11.2. The second kappa shape index (κ2) is 13.7. The van der Waals surface area contributed by atoms with E-state index in [1.807, 2.05) is 13.0 Å². The van der Waals surface area contributed by atoms with Crippen LogP contribution >= 0.6 is 24.0 Å². The van der Waals surface area contributed by atoms with Gasteiger partial charge in [0, 0.05) is 44.6 Å². The zero-order valence-electron chi connectivity index (χ0n) is 19.3. The van der Waals surface area contributed by atoms with Crippen molar-refractivity contribution >= 4 is 29.9 Å². The van der Waals surface area contributed by atoms with Gasteiger partial charge in [-0.05, 0) is 37.0 Å². The zero-order chi connectivity index (χ0) is 22.1. The number of nitrogens with zero attached hydrogens (tertiary/aromatic N) is 4. The second-order valence-corrected chi connectivity index (χ2v) is 8.26. The number of aromatic nitrogens is 2. The first-order valence-electron chi connectivity index (χ1n) is 11.2. The molecule has 7 nitrogen and oxygen atoms in total. The Labute approximate surface area is 207 Å². The van der Waals surface area contributed by atoms with Crippen molar-refractivity contribution in [3.8, 4) is 5.69 Å². The number of aliphatic imine (C=N–C) groups is 1. The number of guanidine groups is 1. The van der Waals surface area contributed by atoms with Gasteiger partial charge >= 0.3 is 0 Å². The minimum atomic E-state index is -0.284. The van der Waals surface area contributed by atoms with E-state index in [1.165, 1.54) is 6.07 Å². The molecular weight excluding hydrogens is 522 g/mol. The highest BCUT2D eigenvalue weighted by atomic mass is 127. The van der Waals surface area contributed by atoms with Crippen molar-refractivity contribution in [1.29, 1.82) is 0 Å². The Hall–Kier alpha value is -1.72. The van der Waals surface area contributed by atoms with Crippen LogP contribution in [0.5, 0.6) is 0 Å². The molecule has 32 heavy (non-hydrogen) atoms. The molecule has 0 spiro atoms. The molecule has 1 aliphatic heterocycles. The Morgan fingerprint density at radius 1 is 1.25 bits per heavy atom. The highest BCUT2D eigenvalue weighted by Crippen LogP contribution is 2.16. The molecule has 178 valence electrons. The summed E-state index contributed by atoms with van der Waals surface area (Å²) in [7, 11) is 0. The smallest absolute Gasteiger partial charge is 0.191 e. The summed E-state index contributed by atoms with van der Waals surface area (Å²) in [5.74, 6) is 1.09. The summed E-state index contributed by atoms with van der Waals surface area (Å²) in [6, 6.07) is 5.64. The van der Waals surface area contributed by atoms with Crippen LogP contribution in [0.25, 0.3) is 5.69 Å². The first-order chi connectivity index (χ1) is 15.1. The van der Waals surface area contributed by atoms with Gasteiger partial charge in [-0.15, -0.1) is 24.0 Å². The minimum Gasteiger partial charge on any atom is -0.379 e. The van der Waals surface area contributed by atoms with Crippen LogP contribution < -0.4 is 10.6 Å². The fraction of sp³-hybridized carbons (Fsp3) is 0.565. The highest BCUT2D eigenvalue weighted by molar-refractivity contribution is 14.0. The van der Waals surface area contributed by atoms with E-state index in [1.54, 1.807) is 29.4 Å². The number of halogens is 2. The molecule has 1 saturated heterocycles. The lowest BCUT2D eigenvalue weighted by Crippen LogP contribution is -2.51. The van der Waals surface area contributed by atoms with Crippen LogP contribution in [0, 0.1) is 11.7 Å². The van der Waals surface area contributed by atoms with Gasteiger partial charge in [0.25, 0.3) is 0 Å². The molecule has 1 unspecified atom stereocenters. The van der Waals surface area contributed by atoms with Gasteiger partial charge in [-0.3, -0.25) is 4.90 Å². The summed E-state index contributed by atoms with van der Waals surface area (Å²) in [5.41, 5.74) is 1.31. The summed E-state index contributed by atoms with van der Waals surface area (Å²) < 4.78 is 21.7. The summed E-state index contributed by atoms with van der Waals surface area (Å²) in [4.78, 5) is 11.2. The zero-order valence-corrected chi connectivity index (χ0v) is 21.6. The molecule has 1 aromatic heterocycles. The normalized spacial score (nSPS) is 16.0. The molecule has 0 bridgehead atoms. The third-order valence-electron chi connectivity index (χ3n) is 5.37. The Morgan fingerprint density at radius 2 is 2.03 bits per heavy atom. The maximum absolute atomic E-state index is 14.5. The molecule has 3 rings (SSSR count). The summed E-state index contributed by atoms with van der Waals surface area (Å²) in [5, 5.41) is 6.79. The lowest BCUT2D eigenvalue weighted by molar-refractivity contribution is 0.0132. The van der Waals surface area contributed by atoms with E-state index in [-0.39, 0.29) is 29.8 Å². The van der Waals surface area contributed by atoms with E-state index >= 15 is 0 Å². The van der Waals surface area contributed by atoms with Crippen LogP contribution in [-0.2, 0) is 11.3 Å². The quantitative estimate of drug-likeness (QED) is 0.281. The molecule has 1 atom stereocenters. The first kappa shape index (κ1) is 26.5. The van der Waals surface area contributed by atoms with Crippen molar-refractivity contribution in [3.05, 3.63) is 48.3 Å². The van der Waals surface area contributed by atoms with Gasteiger partial charge in [-0.1, -0.05) is 19.9 Å². The van der Waals surface area contributed by atoms with E-state index in [4.69, 9.17) is 4.74 Å². The lowest BCUT2D eigenvalue weighted by Gasteiger charge is -2.35. The standard InChI is InChI=1S/C23H35FN6O.HI/c1-4-26-23(28-16-20(13-18(2)3)29-9-11-31-12-10-29)27-15-19-5-6-22(21(24)14-19)30-8-7-25-17-30;/h5-8,14,17-18,20H,4,9-13,15-16H2,1-3H3,(H2,26,27,28);1H. The van der Waals surface area contributed by atoms with Crippen LogP contribution in [0.15, 0.2) is 41.9 Å². The Bertz CT molecular complexity index is 824. The van der Waals surface area contributed by atoms with E-state index in [0.29, 0.717) is 24.2 Å². The van der Waals surface area contributed by atoms with Crippen LogP contribution in [0.1, 0.15) is 32.8 Å². The van der Waals surface area contributed by atoms with Gasteiger partial charge in [0.05, 0.1) is 31.8 Å². The van der Waals surface area contributed by atoms with Gasteiger partial charge in [-0.2, -0.15) is 0 Å². The van der Waals surface area contributed by atoms with Crippen LogP contribution in [0.2, 0.25) is 0 Å². The molecule has 2 heterocycles. The fourth-order valence-electron chi connectivity index (χ4n) is 3.83. The minimum absolute atomic E-state index is 0. The highest BCUT2D eigenvalue weighted by Gasteiger charge is 2.22. The largest absolute Gasteiger partial charge is 0.379 e.